The highest BCUT2D eigenvalue weighted by molar-refractivity contribution is 7.09. The van der Waals surface area contributed by atoms with E-state index in [0.29, 0.717) is 11.4 Å². The van der Waals surface area contributed by atoms with Gasteiger partial charge in [0.25, 0.3) is 0 Å². The number of carbonyl (C=O) groups is 2. The Labute approximate surface area is 142 Å². The molecule has 1 aromatic heterocycles. The molecule has 1 unspecified atom stereocenters. The van der Waals surface area contributed by atoms with Crippen LogP contribution in [0.3, 0.4) is 0 Å². The van der Waals surface area contributed by atoms with E-state index in [4.69, 9.17) is 16.9 Å². The normalized spacial score (nSPS) is 11.3. The zero-order valence-corrected chi connectivity index (χ0v) is 13.9. The molecule has 0 aliphatic carbocycles. The monoisotopic (exact) mass is 347 g/mol. The van der Waals surface area contributed by atoms with Crippen LogP contribution in [0.5, 0.6) is 0 Å². The zero-order chi connectivity index (χ0) is 16.8. The summed E-state index contributed by atoms with van der Waals surface area (Å²) in [5.74, 6) is -1.58. The number of hydrogen-bond acceptors (Lipinski definition) is 4. The Morgan fingerprint density at radius 1 is 1.35 bits per heavy atom. The van der Waals surface area contributed by atoms with Crippen molar-refractivity contribution in [1.29, 1.82) is 5.26 Å². The topological polar surface area (TPSA) is 82.0 Å². The number of nitrogens with zero attached hydrogens (tertiary/aromatic N) is 1. The Hall–Kier alpha value is -2.36. The minimum Gasteiger partial charge on any atom is -0.345 e. The second kappa shape index (κ2) is 7.77. The van der Waals surface area contributed by atoms with Crippen molar-refractivity contribution in [1.82, 2.24) is 5.32 Å². The summed E-state index contributed by atoms with van der Waals surface area (Å²) in [6.45, 7) is 1.82. The maximum Gasteiger partial charge on any atom is 0.313 e. The van der Waals surface area contributed by atoms with Crippen LogP contribution in [0.15, 0.2) is 35.7 Å². The second-order valence-electron chi connectivity index (χ2n) is 4.91. The highest BCUT2D eigenvalue weighted by Crippen LogP contribution is 2.20. The van der Waals surface area contributed by atoms with Crippen LogP contribution in [-0.2, 0) is 16.0 Å². The molecular weight excluding hydrogens is 334 g/mol. The largest absolute Gasteiger partial charge is 0.345 e. The SMILES string of the molecule is CC(Cc1cccs1)NC(=O)C(=O)Nc1cc(Cl)ccc1C#N. The van der Waals surface area contributed by atoms with Crippen molar-refractivity contribution in [2.45, 2.75) is 19.4 Å². The number of thiophene rings is 1. The lowest BCUT2D eigenvalue weighted by molar-refractivity contribution is -0.136. The minimum atomic E-state index is -0.832. The number of carbonyl (C=O) groups excluding carboxylic acids is 2. The van der Waals surface area contributed by atoms with Crippen molar-refractivity contribution in [3.05, 3.63) is 51.2 Å². The molecule has 7 heteroatoms. The van der Waals surface area contributed by atoms with E-state index in [0.717, 1.165) is 4.88 Å². The Morgan fingerprint density at radius 3 is 2.78 bits per heavy atom. The number of amides is 2. The lowest BCUT2D eigenvalue weighted by Gasteiger charge is -2.13. The van der Waals surface area contributed by atoms with Gasteiger partial charge in [-0.15, -0.1) is 11.3 Å². The first-order chi connectivity index (χ1) is 11.0. The molecule has 0 aliphatic rings. The maximum absolute atomic E-state index is 12.0. The summed E-state index contributed by atoms with van der Waals surface area (Å²) in [6.07, 6.45) is 0.650. The van der Waals surface area contributed by atoms with Crippen LogP contribution in [0.2, 0.25) is 5.02 Å². The van der Waals surface area contributed by atoms with Gasteiger partial charge < -0.3 is 10.6 Å². The number of hydrogen-bond donors (Lipinski definition) is 2. The van der Waals surface area contributed by atoms with Crippen LogP contribution in [0.4, 0.5) is 5.69 Å². The molecule has 2 amide bonds. The number of benzene rings is 1. The number of halogens is 1. The molecule has 1 atom stereocenters. The van der Waals surface area contributed by atoms with Gasteiger partial charge in [0.05, 0.1) is 11.3 Å². The van der Waals surface area contributed by atoms with E-state index in [1.165, 1.54) is 12.1 Å². The fourth-order valence-corrected chi connectivity index (χ4v) is 2.97. The summed E-state index contributed by atoms with van der Waals surface area (Å²) >= 11 is 7.43. The highest BCUT2D eigenvalue weighted by atomic mass is 35.5. The van der Waals surface area contributed by atoms with Crippen LogP contribution in [-0.4, -0.2) is 17.9 Å². The van der Waals surface area contributed by atoms with E-state index < -0.39 is 11.8 Å². The van der Waals surface area contributed by atoms with Crippen LogP contribution in [0, 0.1) is 11.3 Å². The lowest BCUT2D eigenvalue weighted by atomic mass is 10.2. The standard InChI is InChI=1S/C16H14ClN3O2S/c1-10(7-13-3-2-6-23-13)19-15(21)16(22)20-14-8-12(17)5-4-11(14)9-18/h2-6,8,10H,7H2,1H3,(H,19,21)(H,20,22). The molecule has 0 saturated carbocycles. The molecule has 2 rings (SSSR count). The second-order valence-corrected chi connectivity index (χ2v) is 6.38. The fourth-order valence-electron chi connectivity index (χ4n) is 1.97. The van der Waals surface area contributed by atoms with Crippen molar-refractivity contribution in [3.63, 3.8) is 0 Å². The quantitative estimate of drug-likeness (QED) is 0.834. The third-order valence-electron chi connectivity index (χ3n) is 3.02. The molecule has 0 bridgehead atoms. The molecule has 1 heterocycles. The summed E-state index contributed by atoms with van der Waals surface area (Å²) < 4.78 is 0. The van der Waals surface area contributed by atoms with Gasteiger partial charge in [-0.25, -0.2) is 0 Å². The molecule has 1 aromatic carbocycles. The first kappa shape index (κ1) is 17.0. The van der Waals surface area contributed by atoms with Crippen molar-refractivity contribution in [2.24, 2.45) is 0 Å². The number of nitrogens with one attached hydrogen (secondary N) is 2. The Bertz CT molecular complexity index is 753. The van der Waals surface area contributed by atoms with Gasteiger partial charge in [0.15, 0.2) is 0 Å². The summed E-state index contributed by atoms with van der Waals surface area (Å²) in [4.78, 5) is 25.0. The maximum atomic E-state index is 12.0. The van der Waals surface area contributed by atoms with Gasteiger partial charge in [-0.1, -0.05) is 17.7 Å². The van der Waals surface area contributed by atoms with E-state index in [1.54, 1.807) is 17.4 Å². The van der Waals surface area contributed by atoms with Crippen molar-refractivity contribution in [2.75, 3.05) is 5.32 Å². The van der Waals surface area contributed by atoms with Crippen LogP contribution in [0.25, 0.3) is 0 Å². The van der Waals surface area contributed by atoms with Crippen molar-refractivity contribution >= 4 is 40.4 Å². The number of rotatable bonds is 4. The molecule has 2 N–H and O–H groups in total. The smallest absolute Gasteiger partial charge is 0.313 e. The molecule has 23 heavy (non-hydrogen) atoms. The first-order valence-electron chi connectivity index (χ1n) is 6.83. The van der Waals surface area contributed by atoms with E-state index in [9.17, 15) is 9.59 Å². The van der Waals surface area contributed by atoms with Gasteiger partial charge in [0, 0.05) is 22.4 Å². The molecule has 118 valence electrons. The summed E-state index contributed by atoms with van der Waals surface area (Å²) in [5.41, 5.74) is 0.452. The molecule has 5 nitrogen and oxygen atoms in total. The van der Waals surface area contributed by atoms with Crippen LogP contribution in [0.1, 0.15) is 17.4 Å². The lowest BCUT2D eigenvalue weighted by Crippen LogP contribution is -2.41. The fraction of sp³-hybridized carbons (Fsp3) is 0.188. The van der Waals surface area contributed by atoms with Crippen LogP contribution >= 0.6 is 22.9 Å². The molecule has 0 saturated heterocycles. The van der Waals surface area contributed by atoms with Crippen LogP contribution < -0.4 is 10.6 Å². The predicted molar refractivity (Wildman–Crippen MR) is 90.4 cm³/mol. The highest BCUT2D eigenvalue weighted by Gasteiger charge is 2.18. The molecule has 2 aromatic rings. The molecule has 0 fully saturated rings. The van der Waals surface area contributed by atoms with Gasteiger partial charge >= 0.3 is 11.8 Å². The summed E-state index contributed by atoms with van der Waals surface area (Å²) in [6, 6.07) is 10.1. The average molecular weight is 348 g/mol. The minimum absolute atomic E-state index is 0.179. The van der Waals surface area contributed by atoms with Gasteiger partial charge in [-0.3, -0.25) is 9.59 Å². The predicted octanol–water partition coefficient (Wildman–Crippen LogP) is 2.96. The third-order valence-corrected chi connectivity index (χ3v) is 4.16. The van der Waals surface area contributed by atoms with E-state index in [-0.39, 0.29) is 17.3 Å². The third kappa shape index (κ3) is 4.81. The van der Waals surface area contributed by atoms with Gasteiger partial charge in [0.1, 0.15) is 6.07 Å². The Balaban J connectivity index is 1.96. The molecule has 0 aliphatic heterocycles. The molecule has 0 spiro atoms. The zero-order valence-electron chi connectivity index (χ0n) is 12.3. The number of nitriles is 1. The van der Waals surface area contributed by atoms with Gasteiger partial charge in [-0.2, -0.15) is 5.26 Å². The van der Waals surface area contributed by atoms with E-state index in [2.05, 4.69) is 10.6 Å². The number of anilines is 1. The van der Waals surface area contributed by atoms with E-state index >= 15 is 0 Å². The van der Waals surface area contributed by atoms with Gasteiger partial charge in [0.2, 0.25) is 0 Å². The Morgan fingerprint density at radius 2 is 2.13 bits per heavy atom. The molecule has 0 radical (unpaired) electrons. The van der Waals surface area contributed by atoms with Gasteiger partial charge in [-0.05, 0) is 36.6 Å². The summed E-state index contributed by atoms with van der Waals surface area (Å²) in [7, 11) is 0. The average Bonchev–Trinajstić information content (AvgIpc) is 3.00. The van der Waals surface area contributed by atoms with E-state index in [1.807, 2.05) is 30.5 Å². The Kier molecular flexibility index (Phi) is 5.74. The first-order valence-corrected chi connectivity index (χ1v) is 8.09. The summed E-state index contributed by atoms with van der Waals surface area (Å²) in [5, 5.41) is 16.4. The van der Waals surface area contributed by atoms with Crippen molar-refractivity contribution < 1.29 is 9.59 Å². The molecular formula is C16H14ClN3O2S. The van der Waals surface area contributed by atoms with Crippen molar-refractivity contribution in [3.8, 4) is 6.07 Å².